The van der Waals surface area contributed by atoms with E-state index in [1.807, 2.05) is 12.1 Å². The molecule has 0 atom stereocenters. The van der Waals surface area contributed by atoms with E-state index >= 15 is 0 Å². The average Bonchev–Trinajstić information content (AvgIpc) is 2.29. The number of halogens is 1. The Kier molecular flexibility index (Phi) is 3.85. The third kappa shape index (κ3) is 2.70. The van der Waals surface area contributed by atoms with E-state index < -0.39 is 0 Å². The van der Waals surface area contributed by atoms with Gasteiger partial charge in [-0.15, -0.1) is 0 Å². The Hall–Kier alpha value is -1.28. The lowest BCUT2D eigenvalue weighted by atomic mass is 9.87. The number of ether oxygens (including phenoxy) is 1. The smallest absolute Gasteiger partial charge is 0.331 e. The summed E-state index contributed by atoms with van der Waals surface area (Å²) in [7, 11) is 0. The zero-order valence-electron chi connectivity index (χ0n) is 9.83. The van der Waals surface area contributed by atoms with Gasteiger partial charge in [0.1, 0.15) is 0 Å². The highest BCUT2D eigenvalue weighted by atomic mass is 35.5. The molecular formula is C14H15ClO2. The first-order valence-corrected chi connectivity index (χ1v) is 6.25. The molecule has 0 bridgehead atoms. The predicted molar refractivity (Wildman–Crippen MR) is 69.0 cm³/mol. The first-order chi connectivity index (χ1) is 8.22. The van der Waals surface area contributed by atoms with Crippen LogP contribution < -0.4 is 0 Å². The minimum absolute atomic E-state index is 0.282. The number of hydrogen-bond acceptors (Lipinski definition) is 2. The maximum atomic E-state index is 11.5. The van der Waals surface area contributed by atoms with Crippen molar-refractivity contribution in [3.63, 3.8) is 0 Å². The van der Waals surface area contributed by atoms with Gasteiger partial charge in [0.05, 0.1) is 6.61 Å². The number of benzene rings is 1. The molecule has 0 fully saturated rings. The highest BCUT2D eigenvalue weighted by molar-refractivity contribution is 6.32. The lowest BCUT2D eigenvalue weighted by Crippen LogP contribution is -2.06. The summed E-state index contributed by atoms with van der Waals surface area (Å²) < 4.78 is 4.94. The quantitative estimate of drug-likeness (QED) is 0.592. The van der Waals surface area contributed by atoms with Gasteiger partial charge >= 0.3 is 5.97 Å². The summed E-state index contributed by atoms with van der Waals surface area (Å²) >= 11 is 6.20. The number of rotatable bonds is 2. The van der Waals surface area contributed by atoms with E-state index in [1.165, 1.54) is 5.56 Å². The number of hydrogen-bond donors (Lipinski definition) is 0. The van der Waals surface area contributed by atoms with E-state index in [9.17, 15) is 4.79 Å². The molecule has 0 radical (unpaired) electrons. The molecule has 17 heavy (non-hydrogen) atoms. The molecule has 1 aromatic carbocycles. The van der Waals surface area contributed by atoms with Crippen molar-refractivity contribution in [2.24, 2.45) is 0 Å². The first kappa shape index (κ1) is 12.2. The Morgan fingerprint density at radius 3 is 3.06 bits per heavy atom. The van der Waals surface area contributed by atoms with E-state index in [1.54, 1.807) is 13.0 Å². The van der Waals surface area contributed by atoms with Gasteiger partial charge in [0, 0.05) is 11.1 Å². The molecule has 0 spiro atoms. The van der Waals surface area contributed by atoms with Gasteiger partial charge < -0.3 is 4.74 Å². The van der Waals surface area contributed by atoms with Gasteiger partial charge in [-0.25, -0.2) is 4.79 Å². The predicted octanol–water partition coefficient (Wildman–Crippen LogP) is 3.62. The van der Waals surface area contributed by atoms with Crippen LogP contribution >= 0.6 is 11.6 Å². The average molecular weight is 251 g/mol. The van der Waals surface area contributed by atoms with Crippen LogP contribution in [0.25, 0.3) is 5.57 Å². The highest BCUT2D eigenvalue weighted by Crippen LogP contribution is 2.35. The van der Waals surface area contributed by atoms with E-state index in [0.717, 1.165) is 35.4 Å². The van der Waals surface area contributed by atoms with Crippen LogP contribution in [-0.2, 0) is 16.0 Å². The molecule has 1 aliphatic carbocycles. The molecule has 0 N–H and O–H groups in total. The molecule has 1 aliphatic rings. The SMILES string of the molecule is CCOC(=O)/C=C1\CCCc2cccc(Cl)c21. The maximum absolute atomic E-state index is 11.5. The zero-order valence-corrected chi connectivity index (χ0v) is 10.6. The zero-order chi connectivity index (χ0) is 12.3. The number of fused-ring (bicyclic) bond motifs is 1. The molecule has 0 saturated carbocycles. The number of allylic oxidation sites excluding steroid dienone is 1. The summed E-state index contributed by atoms with van der Waals surface area (Å²) in [6, 6.07) is 5.89. The molecule has 2 rings (SSSR count). The summed E-state index contributed by atoms with van der Waals surface area (Å²) in [5, 5.41) is 0.720. The Morgan fingerprint density at radius 2 is 2.29 bits per heavy atom. The Labute approximate surface area is 106 Å². The van der Waals surface area contributed by atoms with Crippen molar-refractivity contribution in [1.82, 2.24) is 0 Å². The van der Waals surface area contributed by atoms with E-state index in [0.29, 0.717) is 6.61 Å². The van der Waals surface area contributed by atoms with Crippen LogP contribution in [0.2, 0.25) is 5.02 Å². The van der Waals surface area contributed by atoms with Crippen molar-refractivity contribution in [3.05, 3.63) is 40.4 Å². The van der Waals surface area contributed by atoms with Crippen molar-refractivity contribution in [3.8, 4) is 0 Å². The standard InChI is InChI=1S/C14H15ClO2/c1-2-17-13(16)9-11-7-3-5-10-6-4-8-12(15)14(10)11/h4,6,8-9H,2-3,5,7H2,1H3/b11-9+. The molecule has 0 heterocycles. The minimum Gasteiger partial charge on any atom is -0.463 e. The van der Waals surface area contributed by atoms with Gasteiger partial charge in [-0.3, -0.25) is 0 Å². The Bertz CT molecular complexity index is 463. The van der Waals surface area contributed by atoms with Crippen molar-refractivity contribution in [2.75, 3.05) is 6.61 Å². The Balaban J connectivity index is 2.37. The molecular weight excluding hydrogens is 236 g/mol. The van der Waals surface area contributed by atoms with Crippen molar-refractivity contribution in [1.29, 1.82) is 0 Å². The third-order valence-corrected chi connectivity index (χ3v) is 3.21. The largest absolute Gasteiger partial charge is 0.463 e. The van der Waals surface area contributed by atoms with Gasteiger partial charge in [0.25, 0.3) is 0 Å². The number of carbonyl (C=O) groups excluding carboxylic acids is 1. The number of esters is 1. The summed E-state index contributed by atoms with van der Waals surface area (Å²) in [6.45, 7) is 2.20. The van der Waals surface area contributed by atoms with Crippen LogP contribution in [0.15, 0.2) is 24.3 Å². The van der Waals surface area contributed by atoms with Crippen LogP contribution in [0.5, 0.6) is 0 Å². The summed E-state index contributed by atoms with van der Waals surface area (Å²) in [5.41, 5.74) is 3.24. The second-order valence-electron chi connectivity index (χ2n) is 4.05. The summed E-state index contributed by atoms with van der Waals surface area (Å²) in [6.07, 6.45) is 4.54. The lowest BCUT2D eigenvalue weighted by Gasteiger charge is -2.20. The summed E-state index contributed by atoms with van der Waals surface area (Å²) in [5.74, 6) is -0.282. The summed E-state index contributed by atoms with van der Waals surface area (Å²) in [4.78, 5) is 11.5. The van der Waals surface area contributed by atoms with E-state index in [2.05, 4.69) is 6.07 Å². The van der Waals surface area contributed by atoms with Crippen LogP contribution in [0.3, 0.4) is 0 Å². The fourth-order valence-corrected chi connectivity index (χ4v) is 2.52. The number of aryl methyl sites for hydroxylation is 1. The van der Waals surface area contributed by atoms with Gasteiger partial charge in [-0.1, -0.05) is 23.7 Å². The van der Waals surface area contributed by atoms with Crippen molar-refractivity contribution >= 4 is 23.1 Å². The van der Waals surface area contributed by atoms with Crippen LogP contribution in [0, 0.1) is 0 Å². The lowest BCUT2D eigenvalue weighted by molar-refractivity contribution is -0.137. The van der Waals surface area contributed by atoms with Crippen LogP contribution in [0.1, 0.15) is 30.9 Å². The molecule has 2 nitrogen and oxygen atoms in total. The van der Waals surface area contributed by atoms with Gasteiger partial charge in [0.15, 0.2) is 0 Å². The van der Waals surface area contributed by atoms with Crippen LogP contribution in [0.4, 0.5) is 0 Å². The molecule has 90 valence electrons. The molecule has 0 unspecified atom stereocenters. The van der Waals surface area contributed by atoms with E-state index in [-0.39, 0.29) is 5.97 Å². The normalized spacial score (nSPS) is 16.7. The molecule has 0 aromatic heterocycles. The van der Waals surface area contributed by atoms with Crippen molar-refractivity contribution < 1.29 is 9.53 Å². The molecule has 1 aromatic rings. The maximum Gasteiger partial charge on any atom is 0.331 e. The second-order valence-corrected chi connectivity index (χ2v) is 4.46. The van der Waals surface area contributed by atoms with Gasteiger partial charge in [-0.05, 0) is 49.0 Å². The van der Waals surface area contributed by atoms with Gasteiger partial charge in [0.2, 0.25) is 0 Å². The topological polar surface area (TPSA) is 26.3 Å². The third-order valence-electron chi connectivity index (χ3n) is 2.89. The molecule has 0 aliphatic heterocycles. The molecule has 0 saturated heterocycles. The first-order valence-electron chi connectivity index (χ1n) is 5.87. The van der Waals surface area contributed by atoms with Crippen molar-refractivity contribution in [2.45, 2.75) is 26.2 Å². The van der Waals surface area contributed by atoms with Gasteiger partial charge in [-0.2, -0.15) is 0 Å². The highest BCUT2D eigenvalue weighted by Gasteiger charge is 2.17. The fraction of sp³-hybridized carbons (Fsp3) is 0.357. The number of carbonyl (C=O) groups is 1. The fourth-order valence-electron chi connectivity index (χ4n) is 2.20. The minimum atomic E-state index is -0.282. The molecule has 0 amide bonds. The Morgan fingerprint density at radius 1 is 1.47 bits per heavy atom. The molecule has 3 heteroatoms. The van der Waals surface area contributed by atoms with Crippen LogP contribution in [-0.4, -0.2) is 12.6 Å². The second kappa shape index (κ2) is 5.37. The van der Waals surface area contributed by atoms with E-state index in [4.69, 9.17) is 16.3 Å². The monoisotopic (exact) mass is 250 g/mol.